The molecule has 0 spiro atoms. The molecule has 1 aliphatic rings. The number of H-pyrrole nitrogens is 1. The second-order valence-electron chi connectivity index (χ2n) is 5.89. The van der Waals surface area contributed by atoms with Crippen LogP contribution in [0.15, 0.2) is 22.9 Å². The monoisotopic (exact) mass is 370 g/mol. The summed E-state index contributed by atoms with van der Waals surface area (Å²) < 4.78 is 7.14. The average molecular weight is 371 g/mol. The predicted octanol–water partition coefficient (Wildman–Crippen LogP) is 4.46. The van der Waals surface area contributed by atoms with Crippen LogP contribution < -0.4 is 4.74 Å². The molecular weight excluding hydrogens is 356 g/mol. The van der Waals surface area contributed by atoms with Crippen LogP contribution >= 0.6 is 15.9 Å². The molecule has 0 amide bonds. The normalized spacial score (nSPS) is 15.8. The standard InChI is InChI=1S/C17H15BrN4O/c18-10-6-12-15-14(22-17(12)21-8-10)9-20-13(7-19)16(15)23-11-4-2-1-3-5-11/h6,8-9,11H,1-5H2,(H,21,22). The highest BCUT2D eigenvalue weighted by atomic mass is 79.9. The number of halogens is 1. The van der Waals surface area contributed by atoms with Gasteiger partial charge in [0, 0.05) is 16.1 Å². The number of pyridine rings is 2. The van der Waals surface area contributed by atoms with Crippen molar-refractivity contribution < 1.29 is 4.74 Å². The molecule has 1 saturated carbocycles. The molecule has 1 aliphatic carbocycles. The van der Waals surface area contributed by atoms with Gasteiger partial charge in [0.15, 0.2) is 11.4 Å². The van der Waals surface area contributed by atoms with Crippen LogP contribution in [0.1, 0.15) is 37.8 Å². The lowest BCUT2D eigenvalue weighted by Gasteiger charge is -2.23. The number of nitrogens with one attached hydrogen (secondary N) is 1. The van der Waals surface area contributed by atoms with Crippen LogP contribution in [0.3, 0.4) is 0 Å². The van der Waals surface area contributed by atoms with Crippen molar-refractivity contribution >= 4 is 37.9 Å². The van der Waals surface area contributed by atoms with E-state index < -0.39 is 0 Å². The van der Waals surface area contributed by atoms with Crippen LogP contribution in [0.4, 0.5) is 0 Å². The summed E-state index contributed by atoms with van der Waals surface area (Å²) in [7, 11) is 0. The molecule has 1 N–H and O–H groups in total. The highest BCUT2D eigenvalue weighted by molar-refractivity contribution is 9.10. The molecule has 3 aromatic rings. The van der Waals surface area contributed by atoms with Crippen LogP contribution in [0.5, 0.6) is 5.75 Å². The van der Waals surface area contributed by atoms with E-state index in [0.29, 0.717) is 11.4 Å². The molecule has 0 bridgehead atoms. The molecule has 0 saturated heterocycles. The fourth-order valence-corrected chi connectivity index (χ4v) is 3.59. The highest BCUT2D eigenvalue weighted by Crippen LogP contribution is 2.36. The van der Waals surface area contributed by atoms with Crippen molar-refractivity contribution in [2.45, 2.75) is 38.2 Å². The number of rotatable bonds is 2. The molecular formula is C17H15BrN4O. The Bertz CT molecular complexity index is 922. The molecule has 0 unspecified atom stereocenters. The van der Waals surface area contributed by atoms with Gasteiger partial charge in [0.2, 0.25) is 0 Å². The minimum atomic E-state index is 0.160. The number of hydrogen-bond donors (Lipinski definition) is 1. The van der Waals surface area contributed by atoms with Crippen molar-refractivity contribution in [3.8, 4) is 11.8 Å². The van der Waals surface area contributed by atoms with E-state index in [1.807, 2.05) is 6.07 Å². The fraction of sp³-hybridized carbons (Fsp3) is 0.353. The van der Waals surface area contributed by atoms with E-state index in [9.17, 15) is 5.26 Å². The summed E-state index contributed by atoms with van der Waals surface area (Å²) in [4.78, 5) is 11.9. The SMILES string of the molecule is N#Cc1ncc2[nH]c3ncc(Br)cc3c2c1OC1CCCCC1. The van der Waals surface area contributed by atoms with E-state index in [2.05, 4.69) is 37.0 Å². The summed E-state index contributed by atoms with van der Waals surface area (Å²) >= 11 is 3.46. The number of hydrogen-bond acceptors (Lipinski definition) is 4. The number of nitrogens with zero attached hydrogens (tertiary/aromatic N) is 3. The maximum absolute atomic E-state index is 9.44. The predicted molar refractivity (Wildman–Crippen MR) is 91.3 cm³/mol. The second-order valence-corrected chi connectivity index (χ2v) is 6.80. The Morgan fingerprint density at radius 2 is 2.04 bits per heavy atom. The van der Waals surface area contributed by atoms with Gasteiger partial charge < -0.3 is 9.72 Å². The van der Waals surface area contributed by atoms with Crippen LogP contribution in [-0.4, -0.2) is 21.1 Å². The first-order valence-corrected chi connectivity index (χ1v) is 8.58. The molecule has 0 radical (unpaired) electrons. The van der Waals surface area contributed by atoms with Crippen molar-refractivity contribution in [2.75, 3.05) is 0 Å². The summed E-state index contributed by atoms with van der Waals surface area (Å²) in [5.74, 6) is 0.586. The summed E-state index contributed by atoms with van der Waals surface area (Å²) in [5.41, 5.74) is 1.95. The van der Waals surface area contributed by atoms with Crippen molar-refractivity contribution in [3.63, 3.8) is 0 Å². The highest BCUT2D eigenvalue weighted by Gasteiger charge is 2.21. The molecule has 1 fully saturated rings. The van der Waals surface area contributed by atoms with Gasteiger partial charge in [0.05, 0.1) is 23.2 Å². The third kappa shape index (κ3) is 2.55. The van der Waals surface area contributed by atoms with Crippen molar-refractivity contribution in [2.24, 2.45) is 0 Å². The summed E-state index contributed by atoms with van der Waals surface area (Å²) in [5, 5.41) is 11.3. The molecule has 5 nitrogen and oxygen atoms in total. The Hall–Kier alpha value is -2.13. The summed E-state index contributed by atoms with van der Waals surface area (Å²) in [6.07, 6.45) is 9.27. The van der Waals surface area contributed by atoms with Crippen LogP contribution in [-0.2, 0) is 0 Å². The van der Waals surface area contributed by atoms with Crippen LogP contribution in [0.25, 0.3) is 21.9 Å². The van der Waals surface area contributed by atoms with E-state index in [1.54, 1.807) is 12.4 Å². The van der Waals surface area contributed by atoms with E-state index in [1.165, 1.54) is 19.3 Å². The lowest BCUT2D eigenvalue weighted by molar-refractivity contribution is 0.156. The molecule has 0 aromatic carbocycles. The smallest absolute Gasteiger partial charge is 0.183 e. The van der Waals surface area contributed by atoms with E-state index >= 15 is 0 Å². The zero-order chi connectivity index (χ0) is 15.8. The Morgan fingerprint density at radius 1 is 1.22 bits per heavy atom. The zero-order valence-electron chi connectivity index (χ0n) is 12.5. The van der Waals surface area contributed by atoms with Gasteiger partial charge in [0.25, 0.3) is 0 Å². The zero-order valence-corrected chi connectivity index (χ0v) is 14.1. The van der Waals surface area contributed by atoms with E-state index in [0.717, 1.165) is 39.3 Å². The van der Waals surface area contributed by atoms with E-state index in [-0.39, 0.29) is 6.10 Å². The topological polar surface area (TPSA) is 74.6 Å². The first-order valence-electron chi connectivity index (χ1n) is 7.79. The molecule has 0 aliphatic heterocycles. The molecule has 3 aromatic heterocycles. The first kappa shape index (κ1) is 14.5. The number of aromatic amines is 1. The van der Waals surface area contributed by atoms with Crippen molar-refractivity contribution in [1.29, 1.82) is 5.26 Å². The maximum atomic E-state index is 9.44. The lowest BCUT2D eigenvalue weighted by atomic mass is 9.97. The quantitative estimate of drug-likeness (QED) is 0.722. The van der Waals surface area contributed by atoms with Gasteiger partial charge in [0.1, 0.15) is 11.7 Å². The summed E-state index contributed by atoms with van der Waals surface area (Å²) in [6, 6.07) is 4.16. The van der Waals surface area contributed by atoms with Gasteiger partial charge in [-0.1, -0.05) is 6.42 Å². The number of aromatic nitrogens is 3. The first-order chi connectivity index (χ1) is 11.3. The van der Waals surface area contributed by atoms with Crippen molar-refractivity contribution in [3.05, 3.63) is 28.6 Å². The van der Waals surface area contributed by atoms with Gasteiger partial charge in [-0.05, 0) is 47.7 Å². The Morgan fingerprint density at radius 3 is 2.83 bits per heavy atom. The molecule has 4 rings (SSSR count). The fourth-order valence-electron chi connectivity index (χ4n) is 3.26. The lowest BCUT2D eigenvalue weighted by Crippen LogP contribution is -2.20. The maximum Gasteiger partial charge on any atom is 0.183 e. The number of fused-ring (bicyclic) bond motifs is 3. The minimum Gasteiger partial charge on any atom is -0.487 e. The van der Waals surface area contributed by atoms with Gasteiger partial charge in [-0.2, -0.15) is 5.26 Å². The third-order valence-corrected chi connectivity index (χ3v) is 4.79. The molecule has 3 heterocycles. The Labute approximate surface area is 141 Å². The number of ether oxygens (including phenoxy) is 1. The molecule has 0 atom stereocenters. The average Bonchev–Trinajstić information content (AvgIpc) is 2.94. The largest absolute Gasteiger partial charge is 0.487 e. The van der Waals surface area contributed by atoms with E-state index in [4.69, 9.17) is 4.74 Å². The molecule has 116 valence electrons. The molecule has 23 heavy (non-hydrogen) atoms. The van der Waals surface area contributed by atoms with Crippen molar-refractivity contribution in [1.82, 2.24) is 15.0 Å². The summed E-state index contributed by atoms with van der Waals surface area (Å²) in [6.45, 7) is 0. The van der Waals surface area contributed by atoms with Gasteiger partial charge in [-0.15, -0.1) is 0 Å². The number of nitriles is 1. The molecule has 6 heteroatoms. The minimum absolute atomic E-state index is 0.160. The van der Waals surface area contributed by atoms with Gasteiger partial charge >= 0.3 is 0 Å². The van der Waals surface area contributed by atoms with Crippen LogP contribution in [0, 0.1) is 11.3 Å². The second kappa shape index (κ2) is 5.82. The van der Waals surface area contributed by atoms with Gasteiger partial charge in [-0.25, -0.2) is 9.97 Å². The Balaban J connectivity index is 1.93. The van der Waals surface area contributed by atoms with Gasteiger partial charge in [-0.3, -0.25) is 0 Å². The third-order valence-electron chi connectivity index (χ3n) is 4.35. The Kier molecular flexibility index (Phi) is 3.66. The van der Waals surface area contributed by atoms with Crippen LogP contribution in [0.2, 0.25) is 0 Å².